The number of aliphatic carboxylic acids is 1. The Hall–Kier alpha value is -2.05. The molecule has 0 radical (unpaired) electrons. The van der Waals surface area contributed by atoms with Crippen LogP contribution in [-0.2, 0) is 17.9 Å². The maximum atomic E-state index is 13.6. The largest absolute Gasteiger partial charge is 0.478 e. The molecule has 0 unspecified atom stereocenters. The third kappa shape index (κ3) is 5.09. The van der Waals surface area contributed by atoms with E-state index in [1.807, 2.05) is 17.3 Å². The van der Waals surface area contributed by atoms with Crippen LogP contribution in [0.1, 0.15) is 16.8 Å². The molecule has 110 valence electrons. The number of carboxylic acid groups (broad SMARTS) is 1. The highest BCUT2D eigenvalue weighted by Gasteiger charge is 2.05. The van der Waals surface area contributed by atoms with Crippen LogP contribution in [0.25, 0.3) is 6.08 Å². The second-order valence-corrected chi connectivity index (χ2v) is 5.44. The lowest BCUT2D eigenvalue weighted by molar-refractivity contribution is -0.131. The van der Waals surface area contributed by atoms with Gasteiger partial charge >= 0.3 is 5.97 Å². The number of hydrogen-bond acceptors (Lipinski definition) is 4. The highest BCUT2D eigenvalue weighted by molar-refractivity contribution is 7.07. The Bertz CT molecular complexity index is 641. The van der Waals surface area contributed by atoms with Crippen LogP contribution < -0.4 is 0 Å². The molecular weight excluding hydrogens is 291 g/mol. The van der Waals surface area contributed by atoms with Gasteiger partial charge in [0.1, 0.15) is 5.82 Å². The van der Waals surface area contributed by atoms with Crippen molar-refractivity contribution in [1.82, 2.24) is 9.88 Å². The molecule has 0 aliphatic rings. The van der Waals surface area contributed by atoms with E-state index in [4.69, 9.17) is 5.11 Å². The summed E-state index contributed by atoms with van der Waals surface area (Å²) in [5, 5.41) is 10.6. The van der Waals surface area contributed by atoms with Gasteiger partial charge in [-0.2, -0.15) is 0 Å². The molecule has 0 atom stereocenters. The van der Waals surface area contributed by atoms with Gasteiger partial charge in [0.2, 0.25) is 0 Å². The van der Waals surface area contributed by atoms with Gasteiger partial charge in [0.05, 0.1) is 11.2 Å². The van der Waals surface area contributed by atoms with E-state index in [1.165, 1.54) is 29.5 Å². The fourth-order valence-electron chi connectivity index (χ4n) is 1.99. The Morgan fingerprint density at radius 3 is 2.90 bits per heavy atom. The molecule has 21 heavy (non-hydrogen) atoms. The fraction of sp³-hybridized carbons (Fsp3) is 0.200. The molecule has 0 aliphatic heterocycles. The number of halogens is 1. The summed E-state index contributed by atoms with van der Waals surface area (Å²) in [5.41, 5.74) is 4.08. The smallest absolute Gasteiger partial charge is 0.328 e. The number of aromatic nitrogens is 1. The van der Waals surface area contributed by atoms with Crippen molar-refractivity contribution in [3.05, 3.63) is 57.8 Å². The molecule has 0 fully saturated rings. The number of carbonyl (C=O) groups is 1. The van der Waals surface area contributed by atoms with Crippen LogP contribution in [0.4, 0.5) is 4.39 Å². The standard InChI is InChI=1S/C15H15FN2O2S/c1-18(8-14-9-21-10-17-14)7-12-4-11(2-3-15(19)20)5-13(16)6-12/h2-6,9-10H,7-8H2,1H3,(H,19,20). The van der Waals surface area contributed by atoms with E-state index in [1.54, 1.807) is 11.6 Å². The lowest BCUT2D eigenvalue weighted by Crippen LogP contribution is -2.17. The number of rotatable bonds is 6. The van der Waals surface area contributed by atoms with Gasteiger partial charge in [-0.15, -0.1) is 11.3 Å². The van der Waals surface area contributed by atoms with Gasteiger partial charge in [-0.25, -0.2) is 14.2 Å². The maximum absolute atomic E-state index is 13.6. The minimum absolute atomic E-state index is 0.375. The number of thiazole rings is 1. The molecule has 6 heteroatoms. The van der Waals surface area contributed by atoms with Crippen molar-refractivity contribution in [2.24, 2.45) is 0 Å². The van der Waals surface area contributed by atoms with E-state index in [9.17, 15) is 9.18 Å². The number of benzene rings is 1. The van der Waals surface area contributed by atoms with Crippen molar-refractivity contribution < 1.29 is 14.3 Å². The predicted molar refractivity (Wildman–Crippen MR) is 80.4 cm³/mol. The molecule has 0 bridgehead atoms. The molecule has 2 rings (SSSR count). The molecule has 1 aromatic heterocycles. The van der Waals surface area contributed by atoms with Crippen LogP contribution in [0.2, 0.25) is 0 Å². The number of hydrogen-bond donors (Lipinski definition) is 1. The Balaban J connectivity index is 2.07. The second kappa shape index (κ2) is 7.10. The molecule has 0 aliphatic carbocycles. The van der Waals surface area contributed by atoms with Crippen molar-refractivity contribution in [2.75, 3.05) is 7.05 Å². The van der Waals surface area contributed by atoms with E-state index in [0.29, 0.717) is 18.7 Å². The first kappa shape index (κ1) is 15.3. The molecule has 0 amide bonds. The zero-order valence-corrected chi connectivity index (χ0v) is 12.3. The van der Waals surface area contributed by atoms with E-state index in [-0.39, 0.29) is 5.82 Å². The zero-order chi connectivity index (χ0) is 15.2. The molecule has 0 saturated carbocycles. The molecule has 0 spiro atoms. The van der Waals surface area contributed by atoms with Gasteiger partial charge in [0.25, 0.3) is 0 Å². The van der Waals surface area contributed by atoms with Crippen LogP contribution >= 0.6 is 11.3 Å². The summed E-state index contributed by atoms with van der Waals surface area (Å²) >= 11 is 1.54. The monoisotopic (exact) mass is 306 g/mol. The minimum atomic E-state index is -1.05. The van der Waals surface area contributed by atoms with Gasteiger partial charge in [0.15, 0.2) is 0 Å². The SMILES string of the molecule is CN(Cc1cc(F)cc(C=CC(=O)O)c1)Cc1cscn1. The Labute approximate surface area is 126 Å². The third-order valence-corrected chi connectivity index (χ3v) is 3.40. The quantitative estimate of drug-likeness (QED) is 0.834. The van der Waals surface area contributed by atoms with Crippen LogP contribution in [0, 0.1) is 5.82 Å². The third-order valence-electron chi connectivity index (χ3n) is 2.77. The van der Waals surface area contributed by atoms with E-state index in [2.05, 4.69) is 4.98 Å². The maximum Gasteiger partial charge on any atom is 0.328 e. The summed E-state index contributed by atoms with van der Waals surface area (Å²) < 4.78 is 13.6. The summed E-state index contributed by atoms with van der Waals surface area (Å²) in [6.45, 7) is 1.24. The van der Waals surface area contributed by atoms with E-state index < -0.39 is 5.97 Å². The summed E-state index contributed by atoms with van der Waals surface area (Å²) in [4.78, 5) is 16.7. The van der Waals surface area contributed by atoms with Crippen molar-refractivity contribution in [3.8, 4) is 0 Å². The van der Waals surface area contributed by atoms with Crippen LogP contribution in [0.15, 0.2) is 35.2 Å². The lowest BCUT2D eigenvalue weighted by atomic mass is 10.1. The van der Waals surface area contributed by atoms with E-state index >= 15 is 0 Å². The Morgan fingerprint density at radius 2 is 2.24 bits per heavy atom. The first-order chi connectivity index (χ1) is 10.0. The van der Waals surface area contributed by atoms with Crippen LogP contribution in [0.5, 0.6) is 0 Å². The van der Waals surface area contributed by atoms with Crippen molar-refractivity contribution in [3.63, 3.8) is 0 Å². The highest BCUT2D eigenvalue weighted by atomic mass is 32.1. The van der Waals surface area contributed by atoms with Gasteiger partial charge in [-0.1, -0.05) is 6.07 Å². The number of nitrogens with zero attached hydrogens (tertiary/aromatic N) is 2. The van der Waals surface area contributed by atoms with Gasteiger partial charge in [-0.3, -0.25) is 4.90 Å². The van der Waals surface area contributed by atoms with Crippen LogP contribution in [0.3, 0.4) is 0 Å². The first-order valence-corrected chi connectivity index (χ1v) is 7.23. The summed E-state index contributed by atoms with van der Waals surface area (Å²) in [6.07, 6.45) is 2.38. The Kier molecular flexibility index (Phi) is 5.19. The summed E-state index contributed by atoms with van der Waals surface area (Å²) in [6, 6.07) is 4.54. The normalized spacial score (nSPS) is 11.4. The topological polar surface area (TPSA) is 53.4 Å². The van der Waals surface area contributed by atoms with Crippen molar-refractivity contribution in [2.45, 2.75) is 13.1 Å². The van der Waals surface area contributed by atoms with Gasteiger partial charge in [0, 0.05) is 24.5 Å². The minimum Gasteiger partial charge on any atom is -0.478 e. The molecule has 1 aromatic carbocycles. The zero-order valence-electron chi connectivity index (χ0n) is 11.5. The fourth-order valence-corrected chi connectivity index (χ4v) is 2.54. The average molecular weight is 306 g/mol. The lowest BCUT2D eigenvalue weighted by Gasteiger charge is -2.15. The predicted octanol–water partition coefficient (Wildman–Crippen LogP) is 3.01. The summed E-state index contributed by atoms with van der Waals surface area (Å²) in [5.74, 6) is -1.43. The first-order valence-electron chi connectivity index (χ1n) is 6.29. The molecule has 1 heterocycles. The summed E-state index contributed by atoms with van der Waals surface area (Å²) in [7, 11) is 1.93. The molecule has 4 nitrogen and oxygen atoms in total. The molecule has 2 aromatic rings. The van der Waals surface area contributed by atoms with E-state index in [0.717, 1.165) is 17.3 Å². The van der Waals surface area contributed by atoms with Crippen molar-refractivity contribution >= 4 is 23.4 Å². The average Bonchev–Trinajstić information content (AvgIpc) is 2.88. The molecule has 1 N–H and O–H groups in total. The van der Waals surface area contributed by atoms with Gasteiger partial charge in [-0.05, 0) is 36.4 Å². The van der Waals surface area contributed by atoms with Crippen LogP contribution in [-0.4, -0.2) is 28.0 Å². The Morgan fingerprint density at radius 1 is 1.43 bits per heavy atom. The molecular formula is C15H15FN2O2S. The number of carboxylic acids is 1. The molecule has 0 saturated heterocycles. The second-order valence-electron chi connectivity index (χ2n) is 4.72. The van der Waals surface area contributed by atoms with Gasteiger partial charge < -0.3 is 5.11 Å². The highest BCUT2D eigenvalue weighted by Crippen LogP contribution is 2.14. The van der Waals surface area contributed by atoms with Crippen molar-refractivity contribution in [1.29, 1.82) is 0 Å².